The van der Waals surface area contributed by atoms with E-state index in [2.05, 4.69) is 0 Å². The Bertz CT molecular complexity index is 564. The van der Waals surface area contributed by atoms with Crippen LogP contribution >= 0.6 is 11.6 Å². The van der Waals surface area contributed by atoms with Crippen molar-refractivity contribution in [2.24, 2.45) is 0 Å². The molecule has 0 N–H and O–H groups in total. The highest BCUT2D eigenvalue weighted by molar-refractivity contribution is 6.32. The molecule has 0 aromatic heterocycles. The van der Waals surface area contributed by atoms with E-state index >= 15 is 0 Å². The van der Waals surface area contributed by atoms with Crippen molar-refractivity contribution in [1.29, 1.82) is 0 Å². The number of carbonyl (C=O) groups is 1. The zero-order valence-corrected chi connectivity index (χ0v) is 11.2. The summed E-state index contributed by atoms with van der Waals surface area (Å²) in [5.74, 6) is 0.654. The standard InChI is InChI=1S/C15H13ClO3/c1-18-15-7-6-13(8-14(15)16)12-4-2-11(3-5-12)9-19-10-17/h2-8,10H,9H2,1H3. The van der Waals surface area contributed by atoms with Gasteiger partial charge in [-0.1, -0.05) is 41.9 Å². The monoisotopic (exact) mass is 276 g/mol. The molecule has 0 atom stereocenters. The van der Waals surface area contributed by atoms with Crippen LogP contribution in [-0.2, 0) is 16.1 Å². The first-order valence-electron chi connectivity index (χ1n) is 5.72. The molecule has 0 unspecified atom stereocenters. The average Bonchev–Trinajstić information content (AvgIpc) is 2.45. The third kappa shape index (κ3) is 3.26. The molecule has 2 aromatic rings. The second-order valence-electron chi connectivity index (χ2n) is 3.95. The molecule has 0 saturated heterocycles. The van der Waals surface area contributed by atoms with Gasteiger partial charge in [0.1, 0.15) is 12.4 Å². The Balaban J connectivity index is 2.22. The van der Waals surface area contributed by atoms with Crippen LogP contribution in [0.4, 0.5) is 0 Å². The number of hydrogen-bond acceptors (Lipinski definition) is 3. The Morgan fingerprint density at radius 3 is 2.37 bits per heavy atom. The van der Waals surface area contributed by atoms with E-state index in [1.54, 1.807) is 7.11 Å². The molecule has 0 fully saturated rings. The Morgan fingerprint density at radius 2 is 1.79 bits per heavy atom. The first-order valence-corrected chi connectivity index (χ1v) is 6.10. The van der Waals surface area contributed by atoms with Crippen LogP contribution in [0.3, 0.4) is 0 Å². The molecule has 2 rings (SSSR count). The zero-order valence-electron chi connectivity index (χ0n) is 10.4. The van der Waals surface area contributed by atoms with E-state index in [1.165, 1.54) is 0 Å². The summed E-state index contributed by atoms with van der Waals surface area (Å²) in [5.41, 5.74) is 2.99. The number of carbonyl (C=O) groups excluding carboxylic acids is 1. The summed E-state index contributed by atoms with van der Waals surface area (Å²) in [6.07, 6.45) is 0. The minimum atomic E-state index is 0.285. The first-order chi connectivity index (χ1) is 9.24. The van der Waals surface area contributed by atoms with Crippen LogP contribution in [0.2, 0.25) is 5.02 Å². The van der Waals surface area contributed by atoms with Crippen molar-refractivity contribution in [2.75, 3.05) is 7.11 Å². The lowest BCUT2D eigenvalue weighted by atomic mass is 10.0. The maximum absolute atomic E-state index is 10.1. The lowest BCUT2D eigenvalue weighted by Crippen LogP contribution is -1.90. The maximum Gasteiger partial charge on any atom is 0.293 e. The van der Waals surface area contributed by atoms with Gasteiger partial charge in [0, 0.05) is 0 Å². The smallest absolute Gasteiger partial charge is 0.293 e. The van der Waals surface area contributed by atoms with Gasteiger partial charge in [-0.15, -0.1) is 0 Å². The molecule has 0 aliphatic rings. The van der Waals surface area contributed by atoms with Gasteiger partial charge in [0.25, 0.3) is 6.47 Å². The lowest BCUT2D eigenvalue weighted by Gasteiger charge is -2.07. The van der Waals surface area contributed by atoms with E-state index in [0.29, 0.717) is 17.2 Å². The predicted octanol–water partition coefficient (Wildman–Crippen LogP) is 3.69. The molecule has 0 radical (unpaired) electrons. The molecular formula is C15H13ClO3. The molecule has 4 heteroatoms. The van der Waals surface area contributed by atoms with Crippen molar-refractivity contribution in [1.82, 2.24) is 0 Å². The Morgan fingerprint density at radius 1 is 1.11 bits per heavy atom. The fourth-order valence-corrected chi connectivity index (χ4v) is 2.03. The van der Waals surface area contributed by atoms with E-state index in [4.69, 9.17) is 21.1 Å². The highest BCUT2D eigenvalue weighted by Gasteiger charge is 2.04. The van der Waals surface area contributed by atoms with Crippen molar-refractivity contribution in [3.63, 3.8) is 0 Å². The van der Waals surface area contributed by atoms with Gasteiger partial charge in [0.15, 0.2) is 0 Å². The van der Waals surface area contributed by atoms with Gasteiger partial charge in [0.05, 0.1) is 12.1 Å². The van der Waals surface area contributed by atoms with Crippen LogP contribution < -0.4 is 4.74 Å². The third-order valence-electron chi connectivity index (χ3n) is 2.76. The molecule has 19 heavy (non-hydrogen) atoms. The van der Waals surface area contributed by atoms with Crippen LogP contribution in [0.15, 0.2) is 42.5 Å². The summed E-state index contributed by atoms with van der Waals surface area (Å²) < 4.78 is 9.81. The van der Waals surface area contributed by atoms with E-state index in [1.807, 2.05) is 42.5 Å². The number of methoxy groups -OCH3 is 1. The molecule has 98 valence electrons. The SMILES string of the molecule is COc1ccc(-c2ccc(COC=O)cc2)cc1Cl. The van der Waals surface area contributed by atoms with Gasteiger partial charge in [-0.05, 0) is 28.8 Å². The second-order valence-corrected chi connectivity index (χ2v) is 4.36. The van der Waals surface area contributed by atoms with Gasteiger partial charge in [-0.25, -0.2) is 0 Å². The molecule has 0 aliphatic heterocycles. The summed E-state index contributed by atoms with van der Waals surface area (Å²) in [5, 5.41) is 0.577. The zero-order chi connectivity index (χ0) is 13.7. The van der Waals surface area contributed by atoms with Crippen molar-refractivity contribution < 1.29 is 14.3 Å². The quantitative estimate of drug-likeness (QED) is 0.782. The van der Waals surface area contributed by atoms with Crippen molar-refractivity contribution in [2.45, 2.75) is 6.61 Å². The van der Waals surface area contributed by atoms with E-state index in [9.17, 15) is 4.79 Å². The minimum Gasteiger partial charge on any atom is -0.495 e. The Hall–Kier alpha value is -2.00. The van der Waals surface area contributed by atoms with Gasteiger partial charge < -0.3 is 9.47 Å². The molecule has 0 spiro atoms. The van der Waals surface area contributed by atoms with E-state index < -0.39 is 0 Å². The summed E-state index contributed by atoms with van der Waals surface area (Å²) >= 11 is 6.10. The fraction of sp³-hybridized carbons (Fsp3) is 0.133. The molecule has 0 amide bonds. The van der Waals surface area contributed by atoms with Crippen LogP contribution in [0.5, 0.6) is 5.75 Å². The third-order valence-corrected chi connectivity index (χ3v) is 3.05. The molecule has 0 aliphatic carbocycles. The lowest BCUT2D eigenvalue weighted by molar-refractivity contribution is -0.129. The van der Waals surface area contributed by atoms with Crippen LogP contribution in [0.1, 0.15) is 5.56 Å². The van der Waals surface area contributed by atoms with Crippen LogP contribution in [-0.4, -0.2) is 13.6 Å². The van der Waals surface area contributed by atoms with Gasteiger partial charge in [-0.3, -0.25) is 4.79 Å². The van der Waals surface area contributed by atoms with Crippen LogP contribution in [0.25, 0.3) is 11.1 Å². The molecule has 0 heterocycles. The van der Waals surface area contributed by atoms with Crippen molar-refractivity contribution >= 4 is 18.1 Å². The highest BCUT2D eigenvalue weighted by atomic mass is 35.5. The minimum absolute atomic E-state index is 0.285. The number of rotatable bonds is 5. The second kappa shape index (κ2) is 6.25. The van der Waals surface area contributed by atoms with Crippen LogP contribution in [0, 0.1) is 0 Å². The Kier molecular flexibility index (Phi) is 4.42. The topological polar surface area (TPSA) is 35.5 Å². The number of ether oxygens (including phenoxy) is 2. The molecule has 3 nitrogen and oxygen atoms in total. The summed E-state index contributed by atoms with van der Waals surface area (Å²) in [4.78, 5) is 10.1. The van der Waals surface area contributed by atoms with Gasteiger partial charge in [0.2, 0.25) is 0 Å². The highest BCUT2D eigenvalue weighted by Crippen LogP contribution is 2.30. The summed E-state index contributed by atoms with van der Waals surface area (Å²) in [6.45, 7) is 0.726. The van der Waals surface area contributed by atoms with Gasteiger partial charge >= 0.3 is 0 Å². The average molecular weight is 277 g/mol. The fourth-order valence-electron chi connectivity index (χ4n) is 1.77. The molecule has 0 bridgehead atoms. The predicted molar refractivity (Wildman–Crippen MR) is 74.3 cm³/mol. The number of halogens is 1. The summed E-state index contributed by atoms with van der Waals surface area (Å²) in [6, 6.07) is 13.4. The first kappa shape index (κ1) is 13.4. The number of hydrogen-bond donors (Lipinski definition) is 0. The Labute approximate surface area is 116 Å². The number of benzene rings is 2. The normalized spacial score (nSPS) is 10.0. The van der Waals surface area contributed by atoms with E-state index in [-0.39, 0.29) is 6.61 Å². The van der Waals surface area contributed by atoms with E-state index in [0.717, 1.165) is 16.7 Å². The van der Waals surface area contributed by atoms with Crippen molar-refractivity contribution in [3.8, 4) is 16.9 Å². The largest absolute Gasteiger partial charge is 0.495 e. The molecular weight excluding hydrogens is 264 g/mol. The molecule has 2 aromatic carbocycles. The van der Waals surface area contributed by atoms with Crippen molar-refractivity contribution in [3.05, 3.63) is 53.1 Å². The maximum atomic E-state index is 10.1. The molecule has 0 saturated carbocycles. The van der Waals surface area contributed by atoms with Gasteiger partial charge in [-0.2, -0.15) is 0 Å². The summed E-state index contributed by atoms with van der Waals surface area (Å²) in [7, 11) is 1.59.